The van der Waals surface area contributed by atoms with Crippen LogP contribution < -0.4 is 10.6 Å². The number of nitrogens with zero attached hydrogens (tertiary/aromatic N) is 2. The molecule has 0 bridgehead atoms. The number of hydrogen-bond donors (Lipinski definition) is 2. The van der Waals surface area contributed by atoms with Crippen molar-refractivity contribution in [3.63, 3.8) is 0 Å². The van der Waals surface area contributed by atoms with Gasteiger partial charge in [0.1, 0.15) is 0 Å². The molecular formula is C15H36N4. The van der Waals surface area contributed by atoms with Crippen LogP contribution in [0, 0.1) is 0 Å². The Labute approximate surface area is 120 Å². The second kappa shape index (κ2) is 11.6. The minimum atomic E-state index is 0.620. The zero-order valence-electron chi connectivity index (χ0n) is 14.0. The van der Waals surface area contributed by atoms with Gasteiger partial charge in [-0.05, 0) is 68.0 Å². The summed E-state index contributed by atoms with van der Waals surface area (Å²) in [6.45, 7) is 8.97. The molecule has 0 aromatic carbocycles. The van der Waals surface area contributed by atoms with E-state index in [0.717, 1.165) is 26.2 Å². The molecular weight excluding hydrogens is 236 g/mol. The standard InChI is InChI=1S/C15H36N4/c1-14(18(3)4)12-16-10-8-7-9-11-17-13-15(2)19(5)6/h14-17H,7-13H2,1-6H3. The molecule has 116 valence electrons. The molecule has 4 heteroatoms. The van der Waals surface area contributed by atoms with Gasteiger partial charge in [-0.25, -0.2) is 0 Å². The third-order valence-electron chi connectivity index (χ3n) is 3.85. The number of hydrogen-bond acceptors (Lipinski definition) is 4. The Morgan fingerprint density at radius 1 is 0.684 bits per heavy atom. The fourth-order valence-electron chi connectivity index (χ4n) is 1.66. The number of nitrogens with one attached hydrogen (secondary N) is 2. The quantitative estimate of drug-likeness (QED) is 0.523. The van der Waals surface area contributed by atoms with Crippen molar-refractivity contribution in [1.82, 2.24) is 20.4 Å². The lowest BCUT2D eigenvalue weighted by molar-refractivity contribution is 0.300. The third kappa shape index (κ3) is 11.4. The van der Waals surface area contributed by atoms with E-state index in [1.165, 1.54) is 19.3 Å². The first-order chi connectivity index (χ1) is 8.95. The lowest BCUT2D eigenvalue weighted by Gasteiger charge is -2.20. The van der Waals surface area contributed by atoms with Crippen LogP contribution in [-0.4, -0.2) is 76.3 Å². The maximum absolute atomic E-state index is 3.52. The van der Waals surface area contributed by atoms with Crippen LogP contribution >= 0.6 is 0 Å². The summed E-state index contributed by atoms with van der Waals surface area (Å²) in [5.41, 5.74) is 0. The molecule has 0 saturated heterocycles. The van der Waals surface area contributed by atoms with Gasteiger partial charge in [-0.3, -0.25) is 0 Å². The zero-order valence-corrected chi connectivity index (χ0v) is 14.0. The second-order valence-corrected chi connectivity index (χ2v) is 6.09. The van der Waals surface area contributed by atoms with Crippen LogP contribution in [0.1, 0.15) is 33.1 Å². The SMILES string of the molecule is CC(CNCCCCCNCC(C)N(C)C)N(C)C. The molecule has 19 heavy (non-hydrogen) atoms. The topological polar surface area (TPSA) is 30.5 Å². The predicted molar refractivity (Wildman–Crippen MR) is 85.9 cm³/mol. The first-order valence-electron chi connectivity index (χ1n) is 7.69. The maximum atomic E-state index is 3.52. The molecule has 0 radical (unpaired) electrons. The summed E-state index contributed by atoms with van der Waals surface area (Å²) in [6.07, 6.45) is 3.88. The second-order valence-electron chi connectivity index (χ2n) is 6.09. The van der Waals surface area contributed by atoms with E-state index in [1.807, 2.05) is 0 Å². The van der Waals surface area contributed by atoms with Crippen LogP contribution in [0.3, 0.4) is 0 Å². The highest BCUT2D eigenvalue weighted by Crippen LogP contribution is 1.95. The van der Waals surface area contributed by atoms with Crippen molar-refractivity contribution in [3.05, 3.63) is 0 Å². The summed E-state index contributed by atoms with van der Waals surface area (Å²) in [6, 6.07) is 1.24. The van der Waals surface area contributed by atoms with Crippen molar-refractivity contribution >= 4 is 0 Å². The largest absolute Gasteiger partial charge is 0.315 e. The molecule has 4 nitrogen and oxygen atoms in total. The fourth-order valence-corrected chi connectivity index (χ4v) is 1.66. The Bertz CT molecular complexity index is 175. The van der Waals surface area contributed by atoms with E-state index in [2.05, 4.69) is 62.5 Å². The number of likely N-dealkylation sites (N-methyl/N-ethyl adjacent to an activating group) is 2. The van der Waals surface area contributed by atoms with E-state index in [9.17, 15) is 0 Å². The van der Waals surface area contributed by atoms with Gasteiger partial charge in [0.25, 0.3) is 0 Å². The Morgan fingerprint density at radius 2 is 1.05 bits per heavy atom. The van der Waals surface area contributed by atoms with Crippen LogP contribution in [0.5, 0.6) is 0 Å². The van der Waals surface area contributed by atoms with Crippen LogP contribution in [0.15, 0.2) is 0 Å². The first-order valence-corrected chi connectivity index (χ1v) is 7.69. The molecule has 0 heterocycles. The monoisotopic (exact) mass is 272 g/mol. The fraction of sp³-hybridized carbons (Fsp3) is 1.00. The van der Waals surface area contributed by atoms with Gasteiger partial charge in [0.2, 0.25) is 0 Å². The first kappa shape index (κ1) is 18.8. The molecule has 0 aromatic rings. The Balaban J connectivity index is 3.19. The Hall–Kier alpha value is -0.160. The molecule has 0 saturated carbocycles. The van der Waals surface area contributed by atoms with Gasteiger partial charge >= 0.3 is 0 Å². The molecule has 0 aliphatic carbocycles. The van der Waals surface area contributed by atoms with Gasteiger partial charge < -0.3 is 20.4 Å². The van der Waals surface area contributed by atoms with Gasteiger partial charge in [-0.15, -0.1) is 0 Å². The molecule has 0 spiro atoms. The summed E-state index contributed by atoms with van der Waals surface area (Å²) in [4.78, 5) is 4.51. The Kier molecular flexibility index (Phi) is 11.6. The van der Waals surface area contributed by atoms with Crippen LogP contribution in [0.2, 0.25) is 0 Å². The van der Waals surface area contributed by atoms with Crippen molar-refractivity contribution in [1.29, 1.82) is 0 Å². The molecule has 0 aromatic heterocycles. The molecule has 0 aliphatic heterocycles. The van der Waals surface area contributed by atoms with Crippen molar-refractivity contribution in [2.45, 2.75) is 45.2 Å². The molecule has 0 rings (SSSR count). The number of unbranched alkanes of at least 4 members (excludes halogenated alkanes) is 2. The van der Waals surface area contributed by atoms with E-state index in [-0.39, 0.29) is 0 Å². The summed E-state index contributed by atoms with van der Waals surface area (Å²) in [5, 5.41) is 7.04. The normalized spacial score (nSPS) is 15.2. The molecule has 2 N–H and O–H groups in total. The summed E-state index contributed by atoms with van der Waals surface area (Å²) in [5.74, 6) is 0. The minimum absolute atomic E-state index is 0.620. The average molecular weight is 272 g/mol. The summed E-state index contributed by atoms with van der Waals surface area (Å²) >= 11 is 0. The van der Waals surface area contributed by atoms with Crippen molar-refractivity contribution in [2.75, 3.05) is 54.4 Å². The number of rotatable bonds is 12. The molecule has 2 unspecified atom stereocenters. The van der Waals surface area contributed by atoms with Crippen molar-refractivity contribution in [3.8, 4) is 0 Å². The van der Waals surface area contributed by atoms with Crippen LogP contribution in [-0.2, 0) is 0 Å². The highest BCUT2D eigenvalue weighted by Gasteiger charge is 2.03. The van der Waals surface area contributed by atoms with E-state index < -0.39 is 0 Å². The Morgan fingerprint density at radius 3 is 1.37 bits per heavy atom. The van der Waals surface area contributed by atoms with Gasteiger partial charge in [-0.1, -0.05) is 6.42 Å². The lowest BCUT2D eigenvalue weighted by Crippen LogP contribution is -2.36. The van der Waals surface area contributed by atoms with Crippen LogP contribution in [0.4, 0.5) is 0 Å². The van der Waals surface area contributed by atoms with Crippen molar-refractivity contribution < 1.29 is 0 Å². The molecule has 2 atom stereocenters. The summed E-state index contributed by atoms with van der Waals surface area (Å²) < 4.78 is 0. The maximum Gasteiger partial charge on any atom is 0.0186 e. The van der Waals surface area contributed by atoms with E-state index in [0.29, 0.717) is 12.1 Å². The molecule has 0 fully saturated rings. The minimum Gasteiger partial charge on any atom is -0.315 e. The van der Waals surface area contributed by atoms with Gasteiger partial charge in [0.15, 0.2) is 0 Å². The smallest absolute Gasteiger partial charge is 0.0186 e. The van der Waals surface area contributed by atoms with Crippen molar-refractivity contribution in [2.24, 2.45) is 0 Å². The zero-order chi connectivity index (χ0) is 14.7. The van der Waals surface area contributed by atoms with E-state index in [1.54, 1.807) is 0 Å². The van der Waals surface area contributed by atoms with Crippen LogP contribution in [0.25, 0.3) is 0 Å². The van der Waals surface area contributed by atoms with E-state index >= 15 is 0 Å². The molecule has 0 amide bonds. The van der Waals surface area contributed by atoms with Gasteiger partial charge in [-0.2, -0.15) is 0 Å². The molecule has 0 aliphatic rings. The highest BCUT2D eigenvalue weighted by atomic mass is 15.1. The van der Waals surface area contributed by atoms with Gasteiger partial charge in [0, 0.05) is 25.2 Å². The summed E-state index contributed by atoms with van der Waals surface area (Å²) in [7, 11) is 8.53. The third-order valence-corrected chi connectivity index (χ3v) is 3.85. The highest BCUT2D eigenvalue weighted by molar-refractivity contribution is 4.64. The lowest BCUT2D eigenvalue weighted by atomic mass is 10.2. The van der Waals surface area contributed by atoms with Gasteiger partial charge in [0.05, 0.1) is 0 Å². The average Bonchev–Trinajstić information content (AvgIpc) is 2.35. The van der Waals surface area contributed by atoms with E-state index in [4.69, 9.17) is 0 Å². The predicted octanol–water partition coefficient (Wildman–Crippen LogP) is 1.24.